The van der Waals surface area contributed by atoms with Crippen LogP contribution in [0.15, 0.2) is 48.2 Å². The van der Waals surface area contributed by atoms with Gasteiger partial charge in [0.25, 0.3) is 0 Å². The monoisotopic (exact) mass is 323 g/mol. The third kappa shape index (κ3) is 2.33. The summed E-state index contributed by atoms with van der Waals surface area (Å²) in [6, 6.07) is 11.3. The summed E-state index contributed by atoms with van der Waals surface area (Å²) in [5.41, 5.74) is 7.35. The van der Waals surface area contributed by atoms with Crippen LogP contribution in [-0.2, 0) is 7.05 Å². The number of rotatable bonds is 2. The van der Waals surface area contributed by atoms with Gasteiger partial charge >= 0.3 is 0 Å². The number of halogens is 1. The predicted molar refractivity (Wildman–Crippen MR) is 92.0 cm³/mol. The number of aromatic nitrogens is 3. The summed E-state index contributed by atoms with van der Waals surface area (Å²) in [6.07, 6.45) is 1.79. The van der Waals surface area contributed by atoms with Gasteiger partial charge in [0, 0.05) is 18.2 Å². The lowest BCUT2D eigenvalue weighted by Gasteiger charge is -2.08. The molecule has 4 rings (SSSR count). The number of benzene rings is 2. The van der Waals surface area contributed by atoms with Crippen LogP contribution < -0.4 is 0 Å². The number of hydrogen-bond donors (Lipinski definition) is 0. The lowest BCUT2D eigenvalue weighted by atomic mass is 10.0. The SMILES string of the molecule is Cc1cc(-c2ncn(C)c2-c2ccc3ncsc3c2)ccc1F. The molecule has 4 aromatic rings. The molecule has 0 bridgehead atoms. The Bertz CT molecular complexity index is 1020. The molecule has 0 N–H and O–H groups in total. The fourth-order valence-electron chi connectivity index (χ4n) is 2.78. The van der Waals surface area contributed by atoms with Crippen LogP contribution in [0.5, 0.6) is 0 Å². The summed E-state index contributed by atoms with van der Waals surface area (Å²) in [7, 11) is 1.97. The second-order valence-corrected chi connectivity index (χ2v) is 6.44. The summed E-state index contributed by atoms with van der Waals surface area (Å²) in [5, 5.41) is 0. The van der Waals surface area contributed by atoms with Crippen molar-refractivity contribution in [2.24, 2.45) is 7.05 Å². The fraction of sp³-hybridized carbons (Fsp3) is 0.111. The Labute approximate surface area is 137 Å². The van der Waals surface area contributed by atoms with E-state index >= 15 is 0 Å². The zero-order chi connectivity index (χ0) is 16.0. The van der Waals surface area contributed by atoms with E-state index in [2.05, 4.69) is 22.1 Å². The Hall–Kier alpha value is -2.53. The number of imidazole rings is 1. The molecule has 2 aromatic carbocycles. The first-order valence-electron chi connectivity index (χ1n) is 7.25. The molecule has 0 spiro atoms. The number of fused-ring (bicyclic) bond motifs is 1. The molecular weight excluding hydrogens is 309 g/mol. The quantitative estimate of drug-likeness (QED) is 0.530. The second kappa shape index (κ2) is 5.28. The molecule has 0 saturated heterocycles. The third-order valence-electron chi connectivity index (χ3n) is 3.97. The summed E-state index contributed by atoms with van der Waals surface area (Å²) in [4.78, 5) is 8.85. The lowest BCUT2D eigenvalue weighted by Crippen LogP contribution is -1.92. The highest BCUT2D eigenvalue weighted by Crippen LogP contribution is 2.33. The highest BCUT2D eigenvalue weighted by atomic mass is 32.1. The molecule has 0 aliphatic carbocycles. The largest absolute Gasteiger partial charge is 0.333 e. The maximum absolute atomic E-state index is 13.6. The molecular formula is C18H14FN3S. The van der Waals surface area contributed by atoms with Crippen LogP contribution >= 0.6 is 11.3 Å². The second-order valence-electron chi connectivity index (χ2n) is 5.55. The van der Waals surface area contributed by atoms with Crippen molar-refractivity contribution >= 4 is 21.6 Å². The normalized spacial score (nSPS) is 11.3. The first-order chi connectivity index (χ1) is 11.1. The predicted octanol–water partition coefficient (Wildman–Crippen LogP) is 4.81. The average Bonchev–Trinajstić information content (AvgIpc) is 3.15. The van der Waals surface area contributed by atoms with E-state index in [0.29, 0.717) is 5.56 Å². The number of aryl methyl sites for hydroxylation is 2. The van der Waals surface area contributed by atoms with Gasteiger partial charge in [0.2, 0.25) is 0 Å². The van der Waals surface area contributed by atoms with E-state index in [4.69, 9.17) is 0 Å². The molecule has 0 aliphatic heterocycles. The van der Waals surface area contributed by atoms with Crippen molar-refractivity contribution in [3.8, 4) is 22.5 Å². The topological polar surface area (TPSA) is 30.7 Å². The van der Waals surface area contributed by atoms with Crippen LogP contribution in [0.2, 0.25) is 0 Å². The maximum atomic E-state index is 13.6. The van der Waals surface area contributed by atoms with Crippen molar-refractivity contribution in [1.29, 1.82) is 0 Å². The van der Waals surface area contributed by atoms with Gasteiger partial charge in [0.1, 0.15) is 5.82 Å². The Kier molecular flexibility index (Phi) is 3.23. The van der Waals surface area contributed by atoms with E-state index in [9.17, 15) is 4.39 Å². The molecule has 0 radical (unpaired) electrons. The van der Waals surface area contributed by atoms with Crippen molar-refractivity contribution in [3.63, 3.8) is 0 Å². The van der Waals surface area contributed by atoms with Gasteiger partial charge in [-0.1, -0.05) is 6.07 Å². The molecule has 0 saturated carbocycles. The first-order valence-corrected chi connectivity index (χ1v) is 8.13. The van der Waals surface area contributed by atoms with Crippen LogP contribution in [0.3, 0.4) is 0 Å². The van der Waals surface area contributed by atoms with Gasteiger partial charge in [-0.25, -0.2) is 14.4 Å². The van der Waals surface area contributed by atoms with Crippen LogP contribution in [0.1, 0.15) is 5.56 Å². The third-order valence-corrected chi connectivity index (χ3v) is 4.76. The van der Waals surface area contributed by atoms with E-state index in [0.717, 1.165) is 32.7 Å². The number of thiazole rings is 1. The highest BCUT2D eigenvalue weighted by Gasteiger charge is 2.15. The highest BCUT2D eigenvalue weighted by molar-refractivity contribution is 7.16. The number of nitrogens with zero attached hydrogens (tertiary/aromatic N) is 3. The minimum atomic E-state index is -0.197. The van der Waals surface area contributed by atoms with Crippen molar-refractivity contribution in [1.82, 2.24) is 14.5 Å². The van der Waals surface area contributed by atoms with E-state index in [1.165, 1.54) is 6.07 Å². The van der Waals surface area contributed by atoms with Gasteiger partial charge in [-0.3, -0.25) is 0 Å². The lowest BCUT2D eigenvalue weighted by molar-refractivity contribution is 0.619. The van der Waals surface area contributed by atoms with Gasteiger partial charge in [-0.15, -0.1) is 11.3 Å². The fourth-order valence-corrected chi connectivity index (χ4v) is 3.49. The van der Waals surface area contributed by atoms with Crippen LogP contribution in [-0.4, -0.2) is 14.5 Å². The zero-order valence-corrected chi connectivity index (χ0v) is 13.6. The van der Waals surface area contributed by atoms with E-state index in [-0.39, 0.29) is 5.82 Å². The standard InChI is InChI=1S/C18H14FN3S/c1-11-7-12(3-5-14(11)19)17-18(22(2)9-20-17)13-4-6-15-16(8-13)23-10-21-15/h3-10H,1-2H3. The summed E-state index contributed by atoms with van der Waals surface area (Å²) in [5.74, 6) is -0.197. The zero-order valence-electron chi connectivity index (χ0n) is 12.7. The van der Waals surface area contributed by atoms with Gasteiger partial charge in [0.15, 0.2) is 0 Å². The summed E-state index contributed by atoms with van der Waals surface area (Å²) in [6.45, 7) is 1.77. The van der Waals surface area contributed by atoms with Crippen molar-refractivity contribution in [2.45, 2.75) is 6.92 Å². The minimum Gasteiger partial charge on any atom is -0.333 e. The molecule has 3 nitrogen and oxygen atoms in total. The molecule has 0 unspecified atom stereocenters. The van der Waals surface area contributed by atoms with Crippen LogP contribution in [0, 0.1) is 12.7 Å². The molecule has 2 heterocycles. The summed E-state index contributed by atoms with van der Waals surface area (Å²) < 4.78 is 16.7. The Morgan fingerprint density at radius 3 is 2.70 bits per heavy atom. The molecule has 0 amide bonds. The maximum Gasteiger partial charge on any atom is 0.126 e. The van der Waals surface area contributed by atoms with Gasteiger partial charge < -0.3 is 4.57 Å². The molecule has 0 atom stereocenters. The van der Waals surface area contributed by atoms with E-state index in [1.54, 1.807) is 30.7 Å². The Balaban J connectivity index is 1.91. The van der Waals surface area contributed by atoms with Crippen molar-refractivity contribution < 1.29 is 4.39 Å². The van der Waals surface area contributed by atoms with Gasteiger partial charge in [-0.05, 0) is 42.8 Å². The van der Waals surface area contributed by atoms with Gasteiger partial charge in [0.05, 0.1) is 33.4 Å². The number of hydrogen-bond acceptors (Lipinski definition) is 3. The van der Waals surface area contributed by atoms with E-state index < -0.39 is 0 Å². The Morgan fingerprint density at radius 2 is 1.87 bits per heavy atom. The molecule has 0 fully saturated rings. The average molecular weight is 323 g/mol. The molecule has 2 aromatic heterocycles. The Morgan fingerprint density at radius 1 is 1.04 bits per heavy atom. The van der Waals surface area contributed by atoms with Crippen molar-refractivity contribution in [2.75, 3.05) is 0 Å². The van der Waals surface area contributed by atoms with Crippen molar-refractivity contribution in [3.05, 3.63) is 59.6 Å². The van der Waals surface area contributed by atoms with Crippen LogP contribution in [0.4, 0.5) is 4.39 Å². The van der Waals surface area contributed by atoms with Gasteiger partial charge in [-0.2, -0.15) is 0 Å². The molecule has 0 aliphatic rings. The molecule has 114 valence electrons. The molecule has 5 heteroatoms. The first kappa shape index (κ1) is 14.1. The smallest absolute Gasteiger partial charge is 0.126 e. The van der Waals surface area contributed by atoms with E-state index in [1.807, 2.05) is 29.3 Å². The molecule has 23 heavy (non-hydrogen) atoms. The minimum absolute atomic E-state index is 0.197. The summed E-state index contributed by atoms with van der Waals surface area (Å²) >= 11 is 1.62. The van der Waals surface area contributed by atoms with Crippen LogP contribution in [0.25, 0.3) is 32.7 Å².